The summed E-state index contributed by atoms with van der Waals surface area (Å²) in [6.45, 7) is 6.36. The maximum Gasteiger partial charge on any atom is 0.312 e. The van der Waals surface area contributed by atoms with Gasteiger partial charge in [-0.05, 0) is 49.1 Å². The number of carbonyl (C=O) groups excluding carboxylic acids is 1. The molecule has 2 aromatic carbocycles. The molecule has 34 heavy (non-hydrogen) atoms. The number of nitro groups is 1. The third-order valence-electron chi connectivity index (χ3n) is 5.80. The van der Waals surface area contributed by atoms with Crippen molar-refractivity contribution < 1.29 is 9.72 Å². The van der Waals surface area contributed by atoms with E-state index in [1.54, 1.807) is 47.6 Å². The maximum atomic E-state index is 12.8. The number of rotatable bonds is 8. The summed E-state index contributed by atoms with van der Waals surface area (Å²) in [5.74, 6) is 0.375. The van der Waals surface area contributed by atoms with Crippen molar-refractivity contribution >= 4 is 17.4 Å². The van der Waals surface area contributed by atoms with Gasteiger partial charge >= 0.3 is 5.69 Å². The van der Waals surface area contributed by atoms with Gasteiger partial charge in [-0.3, -0.25) is 19.6 Å². The number of nitrogens with one attached hydrogen (secondary N) is 1. The third kappa shape index (κ3) is 4.88. The molecule has 0 aliphatic rings. The molecular formula is C25H26N6O3. The summed E-state index contributed by atoms with van der Waals surface area (Å²) in [5, 5.41) is 22.7. The largest absolute Gasteiger partial charge is 0.312 e. The van der Waals surface area contributed by atoms with E-state index in [2.05, 4.69) is 46.7 Å². The van der Waals surface area contributed by atoms with Crippen LogP contribution in [-0.4, -0.2) is 30.4 Å². The second-order valence-electron chi connectivity index (χ2n) is 8.13. The smallest absolute Gasteiger partial charge is 0.307 e. The van der Waals surface area contributed by atoms with Crippen molar-refractivity contribution in [2.45, 2.75) is 40.3 Å². The molecular weight excluding hydrogens is 432 g/mol. The number of hydrogen-bond acceptors (Lipinski definition) is 5. The molecule has 0 aliphatic carbocycles. The van der Waals surface area contributed by atoms with Gasteiger partial charge in [0.15, 0.2) is 0 Å². The number of anilines is 1. The Kier molecular flexibility index (Phi) is 6.53. The van der Waals surface area contributed by atoms with Gasteiger partial charge < -0.3 is 5.32 Å². The SMILES string of the molecule is CCc1ccc(Cn2nccc2NC(=O)c2ccc(Cn3nc(C)c([N+](=O)[O-])c3C)cc2)cc1. The zero-order chi connectivity index (χ0) is 24.2. The van der Waals surface area contributed by atoms with Crippen LogP contribution >= 0.6 is 0 Å². The summed E-state index contributed by atoms with van der Waals surface area (Å²) in [4.78, 5) is 23.6. The molecule has 0 fully saturated rings. The third-order valence-corrected chi connectivity index (χ3v) is 5.80. The fourth-order valence-corrected chi connectivity index (χ4v) is 3.85. The van der Waals surface area contributed by atoms with E-state index < -0.39 is 4.92 Å². The zero-order valence-electron chi connectivity index (χ0n) is 19.4. The number of nitrogens with zero attached hydrogens (tertiary/aromatic N) is 5. The first-order valence-electron chi connectivity index (χ1n) is 11.0. The van der Waals surface area contributed by atoms with Crippen LogP contribution in [0.3, 0.4) is 0 Å². The van der Waals surface area contributed by atoms with Crippen molar-refractivity contribution in [2.75, 3.05) is 5.32 Å². The molecule has 9 heteroatoms. The molecule has 174 valence electrons. The number of benzene rings is 2. The Bertz CT molecular complexity index is 1320. The van der Waals surface area contributed by atoms with Crippen molar-refractivity contribution in [2.24, 2.45) is 0 Å². The molecule has 9 nitrogen and oxygen atoms in total. The number of carbonyl (C=O) groups is 1. The Labute approximate surface area is 197 Å². The van der Waals surface area contributed by atoms with Crippen LogP contribution in [0.1, 0.15) is 45.4 Å². The normalized spacial score (nSPS) is 10.9. The number of aromatic nitrogens is 4. The van der Waals surface area contributed by atoms with Crippen molar-refractivity contribution in [3.63, 3.8) is 0 Å². The Morgan fingerprint density at radius 2 is 1.53 bits per heavy atom. The summed E-state index contributed by atoms with van der Waals surface area (Å²) in [6.07, 6.45) is 2.65. The molecule has 0 spiro atoms. The molecule has 0 saturated carbocycles. The fraction of sp³-hybridized carbons (Fsp3) is 0.240. The fourth-order valence-electron chi connectivity index (χ4n) is 3.85. The van der Waals surface area contributed by atoms with E-state index >= 15 is 0 Å². The van der Waals surface area contributed by atoms with Crippen LogP contribution in [0.25, 0.3) is 0 Å². The predicted octanol–water partition coefficient (Wildman–Crippen LogP) is 4.52. The van der Waals surface area contributed by atoms with Crippen molar-refractivity contribution in [3.05, 3.63) is 105 Å². The number of hydrogen-bond donors (Lipinski definition) is 1. The van der Waals surface area contributed by atoms with E-state index in [9.17, 15) is 14.9 Å². The van der Waals surface area contributed by atoms with Crippen LogP contribution in [0.5, 0.6) is 0 Å². The standard InChI is InChI=1S/C25H26N6O3/c1-4-19-5-7-20(8-6-19)16-30-23(13-14-26-30)27-25(32)22-11-9-21(10-12-22)15-29-18(3)24(31(33)34)17(2)28-29/h5-14H,4,15-16H2,1-3H3,(H,27,32). The summed E-state index contributed by atoms with van der Waals surface area (Å²) in [7, 11) is 0. The van der Waals surface area contributed by atoms with Crippen LogP contribution in [0, 0.1) is 24.0 Å². The van der Waals surface area contributed by atoms with Crippen LogP contribution < -0.4 is 5.32 Å². The highest BCUT2D eigenvalue weighted by Crippen LogP contribution is 2.22. The lowest BCUT2D eigenvalue weighted by Crippen LogP contribution is -2.16. The van der Waals surface area contributed by atoms with Gasteiger partial charge in [-0.25, -0.2) is 4.68 Å². The van der Waals surface area contributed by atoms with Gasteiger partial charge in [-0.2, -0.15) is 10.2 Å². The van der Waals surface area contributed by atoms with E-state index in [1.807, 2.05) is 12.1 Å². The molecule has 4 rings (SSSR count). The second kappa shape index (κ2) is 9.70. The lowest BCUT2D eigenvalue weighted by atomic mass is 10.1. The highest BCUT2D eigenvalue weighted by atomic mass is 16.6. The molecule has 1 amide bonds. The number of aryl methyl sites for hydroxylation is 2. The Hall–Kier alpha value is -4.27. The van der Waals surface area contributed by atoms with Crippen molar-refractivity contribution in [1.82, 2.24) is 19.6 Å². The summed E-state index contributed by atoms with van der Waals surface area (Å²) < 4.78 is 3.36. The lowest BCUT2D eigenvalue weighted by Gasteiger charge is -2.10. The first kappa shape index (κ1) is 22.9. The minimum Gasteiger partial charge on any atom is -0.307 e. The summed E-state index contributed by atoms with van der Waals surface area (Å²) >= 11 is 0. The molecule has 1 N–H and O–H groups in total. The van der Waals surface area contributed by atoms with E-state index in [4.69, 9.17) is 0 Å². The molecule has 2 heterocycles. The minimum atomic E-state index is -0.410. The quantitative estimate of drug-likeness (QED) is 0.309. The highest BCUT2D eigenvalue weighted by Gasteiger charge is 2.21. The van der Waals surface area contributed by atoms with Gasteiger partial charge in [0.2, 0.25) is 0 Å². The molecule has 0 bridgehead atoms. The average Bonchev–Trinajstić information content (AvgIpc) is 3.37. The first-order valence-corrected chi connectivity index (χ1v) is 11.0. The van der Waals surface area contributed by atoms with E-state index in [-0.39, 0.29) is 11.6 Å². The average molecular weight is 459 g/mol. The number of amides is 1. The molecule has 0 aliphatic heterocycles. The highest BCUT2D eigenvalue weighted by molar-refractivity contribution is 6.03. The molecule has 0 atom stereocenters. The monoisotopic (exact) mass is 458 g/mol. The molecule has 4 aromatic rings. The Morgan fingerprint density at radius 1 is 0.941 bits per heavy atom. The Morgan fingerprint density at radius 3 is 2.12 bits per heavy atom. The van der Waals surface area contributed by atoms with Crippen LogP contribution in [0.2, 0.25) is 0 Å². The second-order valence-corrected chi connectivity index (χ2v) is 8.13. The molecule has 0 unspecified atom stereocenters. The van der Waals surface area contributed by atoms with Gasteiger partial charge in [0.1, 0.15) is 17.2 Å². The van der Waals surface area contributed by atoms with E-state index in [0.717, 1.165) is 17.5 Å². The summed E-state index contributed by atoms with van der Waals surface area (Å²) in [5.41, 5.74) is 4.69. The van der Waals surface area contributed by atoms with Gasteiger partial charge in [0.25, 0.3) is 5.91 Å². The van der Waals surface area contributed by atoms with Gasteiger partial charge in [0.05, 0.1) is 24.2 Å². The molecule has 0 radical (unpaired) electrons. The van der Waals surface area contributed by atoms with Gasteiger partial charge in [-0.1, -0.05) is 43.3 Å². The first-order chi connectivity index (χ1) is 16.4. The molecule has 0 saturated heterocycles. The van der Waals surface area contributed by atoms with Crippen molar-refractivity contribution in [3.8, 4) is 0 Å². The van der Waals surface area contributed by atoms with Crippen LogP contribution in [0.4, 0.5) is 11.5 Å². The van der Waals surface area contributed by atoms with Gasteiger partial charge in [-0.15, -0.1) is 0 Å². The summed E-state index contributed by atoms with van der Waals surface area (Å²) in [6, 6.07) is 17.2. The van der Waals surface area contributed by atoms with E-state index in [1.165, 1.54) is 5.56 Å². The van der Waals surface area contributed by atoms with Crippen LogP contribution in [-0.2, 0) is 19.5 Å². The predicted molar refractivity (Wildman–Crippen MR) is 129 cm³/mol. The van der Waals surface area contributed by atoms with Crippen LogP contribution in [0.15, 0.2) is 60.8 Å². The minimum absolute atomic E-state index is 0.0360. The van der Waals surface area contributed by atoms with Crippen molar-refractivity contribution in [1.29, 1.82) is 0 Å². The van der Waals surface area contributed by atoms with E-state index in [0.29, 0.717) is 35.9 Å². The topological polar surface area (TPSA) is 108 Å². The zero-order valence-corrected chi connectivity index (χ0v) is 19.4. The maximum absolute atomic E-state index is 12.8. The lowest BCUT2D eigenvalue weighted by molar-refractivity contribution is -0.386. The molecule has 2 aromatic heterocycles. The Balaban J connectivity index is 1.42. The van der Waals surface area contributed by atoms with Gasteiger partial charge in [0, 0.05) is 11.6 Å².